The maximum absolute atomic E-state index is 11.7. The molecule has 0 aromatic carbocycles. The third-order valence-corrected chi connectivity index (χ3v) is 5.48. The van der Waals surface area contributed by atoms with Crippen molar-refractivity contribution < 1.29 is 4.79 Å². The molecule has 3 N–H and O–H groups in total. The van der Waals surface area contributed by atoms with Crippen LogP contribution in [0.4, 0.5) is 5.82 Å². The number of nitrogens with zero attached hydrogens (tertiary/aromatic N) is 4. The van der Waals surface area contributed by atoms with Crippen molar-refractivity contribution in [3.05, 3.63) is 36.3 Å². The van der Waals surface area contributed by atoms with Crippen LogP contribution in [0.3, 0.4) is 0 Å². The largest absolute Gasteiger partial charge is 0.364 e. The molecule has 7 nitrogen and oxygen atoms in total. The molecule has 2 aliphatic rings. The molecule has 1 amide bonds. The Hall–Kier alpha value is -2.54. The van der Waals surface area contributed by atoms with Crippen molar-refractivity contribution in [1.29, 1.82) is 0 Å². The second-order valence-electron chi connectivity index (χ2n) is 6.84. The van der Waals surface area contributed by atoms with E-state index in [1.807, 2.05) is 18.2 Å². The summed E-state index contributed by atoms with van der Waals surface area (Å²) in [7, 11) is 2.05. The number of amides is 1. The van der Waals surface area contributed by atoms with Gasteiger partial charge in [0.2, 0.25) is 0 Å². The van der Waals surface area contributed by atoms with Gasteiger partial charge in [0.05, 0.1) is 11.9 Å². The Labute approximate surface area is 146 Å². The first kappa shape index (κ1) is 16.0. The third kappa shape index (κ3) is 2.84. The number of primary amides is 1. The molecule has 3 heterocycles. The first-order chi connectivity index (χ1) is 12.1. The van der Waals surface area contributed by atoms with Gasteiger partial charge in [-0.15, -0.1) is 0 Å². The summed E-state index contributed by atoms with van der Waals surface area (Å²) < 4.78 is 0. The van der Waals surface area contributed by atoms with Crippen molar-refractivity contribution in [2.45, 2.75) is 24.8 Å². The van der Waals surface area contributed by atoms with Gasteiger partial charge in [-0.3, -0.25) is 9.78 Å². The zero-order chi connectivity index (χ0) is 17.4. The van der Waals surface area contributed by atoms with Crippen LogP contribution in [0, 0.1) is 5.92 Å². The van der Waals surface area contributed by atoms with Crippen LogP contribution in [0.5, 0.6) is 0 Å². The van der Waals surface area contributed by atoms with Gasteiger partial charge in [0.1, 0.15) is 11.5 Å². The minimum absolute atomic E-state index is 0.159. The van der Waals surface area contributed by atoms with Crippen LogP contribution < -0.4 is 16.0 Å². The zero-order valence-electron chi connectivity index (χ0n) is 14.3. The molecule has 1 atom stereocenters. The van der Waals surface area contributed by atoms with Crippen LogP contribution in [0.25, 0.3) is 11.4 Å². The van der Waals surface area contributed by atoms with E-state index in [1.54, 1.807) is 12.4 Å². The Morgan fingerprint density at radius 1 is 1.36 bits per heavy atom. The number of rotatable bonds is 5. The molecule has 2 aromatic heterocycles. The number of anilines is 1. The number of hydrogen-bond donors (Lipinski definition) is 2. The second kappa shape index (κ2) is 6.07. The van der Waals surface area contributed by atoms with Crippen molar-refractivity contribution in [2.24, 2.45) is 11.7 Å². The summed E-state index contributed by atoms with van der Waals surface area (Å²) >= 11 is 0. The molecule has 1 aliphatic carbocycles. The normalized spacial score (nSPS) is 21.3. The monoisotopic (exact) mass is 338 g/mol. The van der Waals surface area contributed by atoms with E-state index >= 15 is 0 Å². The average molecular weight is 338 g/mol. The molecule has 7 heteroatoms. The predicted octanol–water partition coefficient (Wildman–Crippen LogP) is 1.22. The summed E-state index contributed by atoms with van der Waals surface area (Å²) in [6, 6.07) is 5.49. The van der Waals surface area contributed by atoms with Crippen LogP contribution in [0.15, 0.2) is 30.6 Å². The van der Waals surface area contributed by atoms with Crippen LogP contribution in [0.2, 0.25) is 0 Å². The van der Waals surface area contributed by atoms with E-state index in [9.17, 15) is 4.79 Å². The first-order valence-electron chi connectivity index (χ1n) is 8.65. The topological polar surface area (TPSA) is 97.0 Å². The molecular formula is C18H22N6O. The first-order valence-corrected chi connectivity index (χ1v) is 8.65. The lowest BCUT2D eigenvalue weighted by Crippen LogP contribution is -2.37. The molecule has 25 heavy (non-hydrogen) atoms. The number of hydrogen-bond acceptors (Lipinski definition) is 6. The van der Waals surface area contributed by atoms with Gasteiger partial charge < -0.3 is 16.0 Å². The summed E-state index contributed by atoms with van der Waals surface area (Å²) in [6.07, 6.45) is 6.94. The fourth-order valence-corrected chi connectivity index (χ4v) is 3.81. The predicted molar refractivity (Wildman–Crippen MR) is 95.1 cm³/mol. The molecule has 2 fully saturated rings. The zero-order valence-corrected chi connectivity index (χ0v) is 14.3. The number of carbonyl (C=O) groups excluding carboxylic acids is 1. The number of nitrogens with two attached hydrogens (primary N) is 1. The molecular weight excluding hydrogens is 316 g/mol. The fourth-order valence-electron chi connectivity index (χ4n) is 3.81. The van der Waals surface area contributed by atoms with Crippen LogP contribution in [0.1, 0.15) is 29.8 Å². The molecule has 0 radical (unpaired) electrons. The molecule has 4 rings (SSSR count). The minimum atomic E-state index is -0.592. The lowest BCUT2D eigenvalue weighted by Gasteiger charge is -2.23. The van der Waals surface area contributed by atoms with E-state index in [2.05, 4.69) is 32.2 Å². The van der Waals surface area contributed by atoms with Gasteiger partial charge >= 0.3 is 0 Å². The fraction of sp³-hybridized carbons (Fsp3) is 0.444. The highest BCUT2D eigenvalue weighted by atomic mass is 16.1. The average Bonchev–Trinajstić information content (AvgIpc) is 3.30. The van der Waals surface area contributed by atoms with Gasteiger partial charge in [-0.2, -0.15) is 0 Å². The Bertz CT molecular complexity index is 789. The Morgan fingerprint density at radius 2 is 2.20 bits per heavy atom. The van der Waals surface area contributed by atoms with E-state index < -0.39 is 5.91 Å². The van der Waals surface area contributed by atoms with Crippen LogP contribution >= 0.6 is 0 Å². The molecule has 1 aliphatic heterocycles. The SMILES string of the molecule is CNC1(C2CCN(c3cnc(C(N)=O)c(-c4ccccn4)n3)C2)CC1. The van der Waals surface area contributed by atoms with Crippen LogP contribution in [-0.2, 0) is 0 Å². The van der Waals surface area contributed by atoms with Crippen molar-refractivity contribution in [3.8, 4) is 11.4 Å². The number of nitrogens with one attached hydrogen (secondary N) is 1. The van der Waals surface area contributed by atoms with Crippen molar-refractivity contribution in [3.63, 3.8) is 0 Å². The molecule has 130 valence electrons. The van der Waals surface area contributed by atoms with Crippen molar-refractivity contribution in [2.75, 3.05) is 25.0 Å². The smallest absolute Gasteiger partial charge is 0.269 e. The van der Waals surface area contributed by atoms with Gasteiger partial charge in [0.25, 0.3) is 5.91 Å². The van der Waals surface area contributed by atoms with Gasteiger partial charge in [-0.1, -0.05) is 6.07 Å². The maximum atomic E-state index is 11.7. The summed E-state index contributed by atoms with van der Waals surface area (Å²) in [4.78, 5) is 27.2. The van der Waals surface area contributed by atoms with E-state index in [-0.39, 0.29) is 5.69 Å². The Morgan fingerprint density at radius 3 is 2.84 bits per heavy atom. The van der Waals surface area contributed by atoms with Gasteiger partial charge in [0, 0.05) is 24.8 Å². The molecule has 1 saturated carbocycles. The lowest BCUT2D eigenvalue weighted by atomic mass is 9.97. The Balaban J connectivity index is 1.64. The van der Waals surface area contributed by atoms with E-state index in [0.29, 0.717) is 22.8 Å². The van der Waals surface area contributed by atoms with E-state index in [0.717, 1.165) is 25.3 Å². The summed E-state index contributed by atoms with van der Waals surface area (Å²) in [6.45, 7) is 1.90. The maximum Gasteiger partial charge on any atom is 0.269 e. The highest BCUT2D eigenvalue weighted by Gasteiger charge is 2.50. The minimum Gasteiger partial charge on any atom is -0.364 e. The standard InChI is InChI=1S/C18H22N6O/c1-20-18(6-7-18)12-5-9-24(11-12)14-10-22-16(17(19)25)15(23-14)13-4-2-3-8-21-13/h2-4,8,10,12,20H,5-7,9,11H2,1H3,(H2,19,25). The van der Waals surface area contributed by atoms with Crippen LogP contribution in [-0.4, -0.2) is 46.5 Å². The molecule has 2 aromatic rings. The molecule has 0 spiro atoms. The molecule has 1 unspecified atom stereocenters. The highest BCUT2D eigenvalue weighted by molar-refractivity contribution is 5.96. The van der Waals surface area contributed by atoms with Gasteiger partial charge in [-0.25, -0.2) is 9.97 Å². The number of carbonyl (C=O) groups is 1. The lowest BCUT2D eigenvalue weighted by molar-refractivity contribution is 0.0996. The van der Waals surface area contributed by atoms with Gasteiger partial charge in [-0.05, 0) is 44.4 Å². The molecule has 1 saturated heterocycles. The third-order valence-electron chi connectivity index (χ3n) is 5.48. The van der Waals surface area contributed by atoms with Gasteiger partial charge in [0.15, 0.2) is 5.69 Å². The summed E-state index contributed by atoms with van der Waals surface area (Å²) in [5.74, 6) is 0.805. The Kier molecular flexibility index (Phi) is 3.88. The molecule has 0 bridgehead atoms. The summed E-state index contributed by atoms with van der Waals surface area (Å²) in [5, 5.41) is 3.49. The highest BCUT2D eigenvalue weighted by Crippen LogP contribution is 2.46. The van der Waals surface area contributed by atoms with Crippen molar-refractivity contribution >= 4 is 11.7 Å². The van der Waals surface area contributed by atoms with Crippen molar-refractivity contribution in [1.82, 2.24) is 20.3 Å². The number of pyridine rings is 1. The van der Waals surface area contributed by atoms with E-state index in [1.165, 1.54) is 12.8 Å². The van der Waals surface area contributed by atoms with E-state index in [4.69, 9.17) is 5.73 Å². The second-order valence-corrected chi connectivity index (χ2v) is 6.84. The summed E-state index contributed by atoms with van der Waals surface area (Å²) in [5.41, 5.74) is 6.99. The quantitative estimate of drug-likeness (QED) is 0.851. The number of aromatic nitrogens is 3.